The first kappa shape index (κ1) is 23.7. The third kappa shape index (κ3) is 3.46. The molecule has 0 aliphatic heterocycles. The van der Waals surface area contributed by atoms with Crippen LogP contribution in [0.5, 0.6) is 0 Å². The highest BCUT2D eigenvalue weighted by Gasteiger charge is 2.46. The molecule has 39 heavy (non-hydrogen) atoms. The number of para-hydroxylation sites is 2. The Kier molecular flexibility index (Phi) is 5.22. The molecule has 1 nitrogen and oxygen atoms in total. The number of anilines is 3. The van der Waals surface area contributed by atoms with Crippen molar-refractivity contribution in [3.05, 3.63) is 139 Å². The fourth-order valence-electron chi connectivity index (χ4n) is 6.68. The zero-order valence-corrected chi connectivity index (χ0v) is 23.1. The SMILES string of the molecule is CC1(C)c2ccc(N(c3ccccc3)c3ccccc3)cc2-c2ccc3c(ccc4ccccc43)c2C1(C)C. The van der Waals surface area contributed by atoms with Gasteiger partial charge < -0.3 is 4.90 Å². The fraction of sp³-hybridized carbons (Fsp3) is 0.158. The Hall–Kier alpha value is -4.36. The number of rotatable bonds is 3. The van der Waals surface area contributed by atoms with Gasteiger partial charge in [0.25, 0.3) is 0 Å². The van der Waals surface area contributed by atoms with Crippen LogP contribution in [0.4, 0.5) is 17.1 Å². The van der Waals surface area contributed by atoms with Crippen LogP contribution in [-0.4, -0.2) is 0 Å². The van der Waals surface area contributed by atoms with Crippen LogP contribution in [0.3, 0.4) is 0 Å². The molecule has 6 aromatic carbocycles. The summed E-state index contributed by atoms with van der Waals surface area (Å²) < 4.78 is 0. The fourth-order valence-corrected chi connectivity index (χ4v) is 6.68. The average Bonchev–Trinajstić information content (AvgIpc) is 2.97. The van der Waals surface area contributed by atoms with E-state index in [1.165, 1.54) is 49.5 Å². The maximum Gasteiger partial charge on any atom is 0.0467 e. The summed E-state index contributed by atoms with van der Waals surface area (Å²) in [5, 5.41) is 5.32. The van der Waals surface area contributed by atoms with E-state index in [9.17, 15) is 0 Å². The van der Waals surface area contributed by atoms with Gasteiger partial charge in [0.15, 0.2) is 0 Å². The third-order valence-electron chi connectivity index (χ3n) is 9.37. The molecular formula is C38H33N. The predicted octanol–water partition coefficient (Wildman–Crippen LogP) is 10.7. The molecule has 0 fully saturated rings. The first-order valence-electron chi connectivity index (χ1n) is 13.9. The van der Waals surface area contributed by atoms with E-state index in [-0.39, 0.29) is 10.8 Å². The van der Waals surface area contributed by atoms with Crippen molar-refractivity contribution >= 4 is 38.6 Å². The molecule has 0 amide bonds. The molecule has 7 rings (SSSR count). The Labute approximate surface area is 231 Å². The normalized spacial score (nSPS) is 15.1. The van der Waals surface area contributed by atoms with Crippen LogP contribution >= 0.6 is 0 Å². The maximum atomic E-state index is 2.43. The van der Waals surface area contributed by atoms with Gasteiger partial charge in [-0.25, -0.2) is 0 Å². The van der Waals surface area contributed by atoms with Gasteiger partial charge in [0.2, 0.25) is 0 Å². The Morgan fingerprint density at radius 2 is 1.05 bits per heavy atom. The molecule has 0 spiro atoms. The number of hydrogen-bond acceptors (Lipinski definition) is 1. The van der Waals surface area contributed by atoms with Gasteiger partial charge in [0.1, 0.15) is 0 Å². The highest BCUT2D eigenvalue weighted by Crippen LogP contribution is 2.56. The lowest BCUT2D eigenvalue weighted by atomic mass is 9.54. The van der Waals surface area contributed by atoms with Crippen LogP contribution in [0.25, 0.3) is 32.7 Å². The largest absolute Gasteiger partial charge is 0.310 e. The first-order valence-corrected chi connectivity index (χ1v) is 13.9. The van der Waals surface area contributed by atoms with E-state index in [0.717, 1.165) is 11.4 Å². The zero-order valence-electron chi connectivity index (χ0n) is 23.1. The molecule has 0 atom stereocenters. The third-order valence-corrected chi connectivity index (χ3v) is 9.37. The van der Waals surface area contributed by atoms with E-state index >= 15 is 0 Å². The number of hydrogen-bond donors (Lipinski definition) is 0. The molecule has 0 aromatic heterocycles. The molecule has 0 heterocycles. The van der Waals surface area contributed by atoms with E-state index in [0.29, 0.717) is 0 Å². The van der Waals surface area contributed by atoms with E-state index in [1.54, 1.807) is 0 Å². The molecule has 0 radical (unpaired) electrons. The van der Waals surface area contributed by atoms with Gasteiger partial charge in [-0.1, -0.05) is 119 Å². The van der Waals surface area contributed by atoms with Crippen molar-refractivity contribution in [2.24, 2.45) is 0 Å². The molecule has 0 saturated heterocycles. The van der Waals surface area contributed by atoms with Crippen molar-refractivity contribution in [2.45, 2.75) is 38.5 Å². The second kappa shape index (κ2) is 8.58. The van der Waals surface area contributed by atoms with Gasteiger partial charge in [-0.15, -0.1) is 0 Å². The minimum absolute atomic E-state index is 0.0574. The van der Waals surface area contributed by atoms with Gasteiger partial charge in [-0.05, 0) is 85.6 Å². The van der Waals surface area contributed by atoms with E-state index < -0.39 is 0 Å². The summed E-state index contributed by atoms with van der Waals surface area (Å²) >= 11 is 0. The van der Waals surface area contributed by atoms with Crippen LogP contribution < -0.4 is 4.90 Å². The summed E-state index contributed by atoms with van der Waals surface area (Å²) in [6, 6.07) is 46.6. The van der Waals surface area contributed by atoms with Crippen molar-refractivity contribution in [2.75, 3.05) is 4.90 Å². The second-order valence-corrected chi connectivity index (χ2v) is 11.9. The van der Waals surface area contributed by atoms with Crippen molar-refractivity contribution < 1.29 is 0 Å². The summed E-state index contributed by atoms with van der Waals surface area (Å²) in [5.41, 5.74) is 8.91. The van der Waals surface area contributed by atoms with Crippen molar-refractivity contribution in [3.63, 3.8) is 0 Å². The summed E-state index contributed by atoms with van der Waals surface area (Å²) in [6.45, 7) is 9.69. The van der Waals surface area contributed by atoms with Crippen LogP contribution in [0.15, 0.2) is 127 Å². The molecule has 1 aliphatic carbocycles. The Morgan fingerprint density at radius 1 is 0.436 bits per heavy atom. The summed E-state index contributed by atoms with van der Waals surface area (Å²) in [4.78, 5) is 2.36. The molecule has 1 heteroatoms. The lowest BCUT2D eigenvalue weighted by molar-refractivity contribution is 0.301. The average molecular weight is 504 g/mol. The molecular weight excluding hydrogens is 470 g/mol. The summed E-state index contributed by atoms with van der Waals surface area (Å²) in [7, 11) is 0. The quantitative estimate of drug-likeness (QED) is 0.217. The molecule has 0 bridgehead atoms. The predicted molar refractivity (Wildman–Crippen MR) is 168 cm³/mol. The monoisotopic (exact) mass is 503 g/mol. The maximum absolute atomic E-state index is 2.43. The second-order valence-electron chi connectivity index (χ2n) is 11.9. The van der Waals surface area contributed by atoms with Gasteiger partial charge in [-0.3, -0.25) is 0 Å². The number of nitrogens with zero attached hydrogens (tertiary/aromatic N) is 1. The lowest BCUT2D eigenvalue weighted by Gasteiger charge is -2.49. The number of fused-ring (bicyclic) bond motifs is 7. The molecule has 190 valence electrons. The van der Waals surface area contributed by atoms with Crippen LogP contribution in [0.2, 0.25) is 0 Å². The van der Waals surface area contributed by atoms with E-state index in [1.807, 2.05) is 0 Å². The van der Waals surface area contributed by atoms with E-state index in [2.05, 4.69) is 160 Å². The summed E-state index contributed by atoms with van der Waals surface area (Å²) in [6.07, 6.45) is 0. The Bertz CT molecular complexity index is 1810. The van der Waals surface area contributed by atoms with Crippen molar-refractivity contribution in [3.8, 4) is 11.1 Å². The first-order chi connectivity index (χ1) is 18.9. The van der Waals surface area contributed by atoms with Crippen molar-refractivity contribution in [1.82, 2.24) is 0 Å². The minimum Gasteiger partial charge on any atom is -0.310 e. The lowest BCUT2D eigenvalue weighted by Crippen LogP contribution is -2.43. The van der Waals surface area contributed by atoms with Crippen LogP contribution in [-0.2, 0) is 10.8 Å². The van der Waals surface area contributed by atoms with Crippen LogP contribution in [0.1, 0.15) is 38.8 Å². The van der Waals surface area contributed by atoms with E-state index in [4.69, 9.17) is 0 Å². The zero-order chi connectivity index (χ0) is 26.8. The Morgan fingerprint density at radius 3 is 1.74 bits per heavy atom. The molecule has 0 N–H and O–H groups in total. The highest BCUT2D eigenvalue weighted by molar-refractivity contribution is 6.11. The van der Waals surface area contributed by atoms with Gasteiger partial charge in [0, 0.05) is 22.5 Å². The summed E-state index contributed by atoms with van der Waals surface area (Å²) in [5.74, 6) is 0. The minimum atomic E-state index is -0.0582. The standard InChI is InChI=1S/C38H33N/c1-37(2)35-24-20-29(39(27-14-7-5-8-15-27)28-16-9-6-10-17-28)25-34(35)33-23-22-31-30-18-12-11-13-26(30)19-21-32(31)36(33)38(37,3)4/h5-25H,1-4H3. The van der Waals surface area contributed by atoms with Gasteiger partial charge in [-0.2, -0.15) is 0 Å². The highest BCUT2D eigenvalue weighted by atomic mass is 15.1. The Balaban J connectivity index is 1.52. The molecule has 1 aliphatic rings. The van der Waals surface area contributed by atoms with Crippen LogP contribution in [0, 0.1) is 0 Å². The molecule has 0 saturated carbocycles. The van der Waals surface area contributed by atoms with Gasteiger partial charge in [0.05, 0.1) is 0 Å². The van der Waals surface area contributed by atoms with Crippen molar-refractivity contribution in [1.29, 1.82) is 0 Å². The smallest absolute Gasteiger partial charge is 0.0467 e. The topological polar surface area (TPSA) is 3.24 Å². The molecule has 6 aromatic rings. The number of benzene rings is 6. The van der Waals surface area contributed by atoms with Gasteiger partial charge >= 0.3 is 0 Å². The molecule has 0 unspecified atom stereocenters.